The minimum absolute atomic E-state index is 0.113. The minimum Gasteiger partial charge on any atom is -0.369 e. The summed E-state index contributed by atoms with van der Waals surface area (Å²) >= 11 is 0. The molecule has 0 aromatic carbocycles. The molecule has 2 atom stereocenters. The molecule has 0 heterocycles. The van der Waals surface area contributed by atoms with E-state index < -0.39 is 0 Å². The molecule has 56 valence electrons. The number of rotatable bonds is 1. The van der Waals surface area contributed by atoms with Gasteiger partial charge in [-0.3, -0.25) is 4.79 Å². The van der Waals surface area contributed by atoms with Crippen LogP contribution in [0.1, 0.15) is 12.8 Å². The van der Waals surface area contributed by atoms with Gasteiger partial charge >= 0.3 is 0 Å². The molecule has 10 heavy (non-hydrogen) atoms. The van der Waals surface area contributed by atoms with Crippen molar-refractivity contribution in [2.24, 2.45) is 17.4 Å². The number of amides is 1. The molecule has 0 aliphatic heterocycles. The van der Waals surface area contributed by atoms with Gasteiger partial charge in [0, 0.05) is 6.04 Å². The Morgan fingerprint density at radius 2 is 2.30 bits per heavy atom. The van der Waals surface area contributed by atoms with Crippen LogP contribution in [0, 0.1) is 5.92 Å². The van der Waals surface area contributed by atoms with Gasteiger partial charge in [-0.05, 0) is 12.8 Å². The maximum atomic E-state index is 10.6. The van der Waals surface area contributed by atoms with Crippen molar-refractivity contribution in [3.05, 3.63) is 12.2 Å². The predicted molar refractivity (Wildman–Crippen MR) is 39.0 cm³/mol. The van der Waals surface area contributed by atoms with E-state index in [-0.39, 0.29) is 17.9 Å². The number of primary amides is 1. The first-order valence-electron chi connectivity index (χ1n) is 3.41. The molecule has 1 rings (SSSR count). The Hall–Kier alpha value is -0.830. The zero-order valence-electron chi connectivity index (χ0n) is 5.79. The van der Waals surface area contributed by atoms with Gasteiger partial charge in [0.15, 0.2) is 0 Å². The van der Waals surface area contributed by atoms with Gasteiger partial charge in [-0.2, -0.15) is 0 Å². The standard InChI is InChI=1S/C7H12N2O/c8-6-3-1-2-5(4-6)7(9)10/h1-2,5-6H,3-4,8H2,(H2,9,10). The van der Waals surface area contributed by atoms with Gasteiger partial charge in [-0.25, -0.2) is 0 Å². The lowest BCUT2D eigenvalue weighted by atomic mass is 9.92. The van der Waals surface area contributed by atoms with Crippen LogP contribution in [-0.4, -0.2) is 11.9 Å². The fourth-order valence-corrected chi connectivity index (χ4v) is 1.13. The van der Waals surface area contributed by atoms with Crippen LogP contribution in [0.25, 0.3) is 0 Å². The van der Waals surface area contributed by atoms with Crippen molar-refractivity contribution in [3.63, 3.8) is 0 Å². The Bertz CT molecular complexity index is 165. The lowest BCUT2D eigenvalue weighted by molar-refractivity contribution is -0.120. The van der Waals surface area contributed by atoms with E-state index in [0.717, 1.165) is 6.42 Å². The summed E-state index contributed by atoms with van der Waals surface area (Å²) in [5.41, 5.74) is 10.7. The first kappa shape index (κ1) is 7.28. The summed E-state index contributed by atoms with van der Waals surface area (Å²) < 4.78 is 0. The van der Waals surface area contributed by atoms with E-state index in [1.807, 2.05) is 12.2 Å². The summed E-state index contributed by atoms with van der Waals surface area (Å²) in [6.07, 6.45) is 5.32. The molecular weight excluding hydrogens is 128 g/mol. The Morgan fingerprint density at radius 3 is 2.70 bits per heavy atom. The molecule has 1 aliphatic carbocycles. The van der Waals surface area contributed by atoms with Crippen LogP contribution in [0.15, 0.2) is 12.2 Å². The number of carbonyl (C=O) groups is 1. The summed E-state index contributed by atoms with van der Waals surface area (Å²) in [7, 11) is 0. The zero-order chi connectivity index (χ0) is 7.56. The van der Waals surface area contributed by atoms with Crippen molar-refractivity contribution < 1.29 is 4.79 Å². The second-order valence-electron chi connectivity index (χ2n) is 2.67. The highest BCUT2D eigenvalue weighted by Gasteiger charge is 2.18. The number of carbonyl (C=O) groups excluding carboxylic acids is 1. The SMILES string of the molecule is NC(=O)C1C=CCC(N)C1. The lowest BCUT2D eigenvalue weighted by Gasteiger charge is -2.18. The average molecular weight is 140 g/mol. The van der Waals surface area contributed by atoms with Crippen molar-refractivity contribution >= 4 is 5.91 Å². The molecule has 0 aromatic heterocycles. The van der Waals surface area contributed by atoms with E-state index in [1.165, 1.54) is 0 Å². The van der Waals surface area contributed by atoms with Crippen molar-refractivity contribution in [2.45, 2.75) is 18.9 Å². The molecule has 0 bridgehead atoms. The van der Waals surface area contributed by atoms with Crippen LogP contribution in [-0.2, 0) is 4.79 Å². The second kappa shape index (κ2) is 2.84. The van der Waals surface area contributed by atoms with Crippen LogP contribution in [0.5, 0.6) is 0 Å². The van der Waals surface area contributed by atoms with Gasteiger partial charge in [-0.1, -0.05) is 12.2 Å². The highest BCUT2D eigenvalue weighted by Crippen LogP contribution is 2.15. The molecule has 4 N–H and O–H groups in total. The molecule has 1 amide bonds. The Morgan fingerprint density at radius 1 is 1.60 bits per heavy atom. The quantitative estimate of drug-likeness (QED) is 0.494. The van der Waals surface area contributed by atoms with Crippen LogP contribution in [0.4, 0.5) is 0 Å². The molecule has 3 heteroatoms. The first-order valence-corrected chi connectivity index (χ1v) is 3.41. The third-order valence-electron chi connectivity index (χ3n) is 1.73. The maximum Gasteiger partial charge on any atom is 0.224 e. The third kappa shape index (κ3) is 1.57. The predicted octanol–water partition coefficient (Wildman–Crippen LogP) is -0.235. The summed E-state index contributed by atoms with van der Waals surface area (Å²) in [6, 6.07) is 0.113. The fraction of sp³-hybridized carbons (Fsp3) is 0.571. The van der Waals surface area contributed by atoms with E-state index >= 15 is 0 Å². The first-order chi connectivity index (χ1) is 4.70. The molecule has 0 aromatic rings. The molecule has 1 aliphatic rings. The molecular formula is C7H12N2O. The summed E-state index contributed by atoms with van der Waals surface area (Å²) in [6.45, 7) is 0. The van der Waals surface area contributed by atoms with E-state index in [2.05, 4.69) is 0 Å². The van der Waals surface area contributed by atoms with E-state index in [9.17, 15) is 4.79 Å². The summed E-state index contributed by atoms with van der Waals surface area (Å²) in [4.78, 5) is 10.6. The highest BCUT2D eigenvalue weighted by molar-refractivity contribution is 5.78. The van der Waals surface area contributed by atoms with Crippen molar-refractivity contribution in [1.82, 2.24) is 0 Å². The van der Waals surface area contributed by atoms with Crippen molar-refractivity contribution in [1.29, 1.82) is 0 Å². The minimum atomic E-state index is -0.272. The molecule has 0 saturated carbocycles. The molecule has 0 saturated heterocycles. The third-order valence-corrected chi connectivity index (χ3v) is 1.73. The number of hydrogen-bond acceptors (Lipinski definition) is 2. The van der Waals surface area contributed by atoms with E-state index in [0.29, 0.717) is 6.42 Å². The van der Waals surface area contributed by atoms with E-state index in [4.69, 9.17) is 11.5 Å². The van der Waals surface area contributed by atoms with Crippen LogP contribution >= 0.6 is 0 Å². The highest BCUT2D eigenvalue weighted by atomic mass is 16.1. The van der Waals surface area contributed by atoms with Gasteiger partial charge < -0.3 is 11.5 Å². The monoisotopic (exact) mass is 140 g/mol. The summed E-state index contributed by atoms with van der Waals surface area (Å²) in [5, 5.41) is 0. The maximum absolute atomic E-state index is 10.6. The zero-order valence-corrected chi connectivity index (χ0v) is 5.79. The van der Waals surface area contributed by atoms with Crippen LogP contribution < -0.4 is 11.5 Å². The average Bonchev–Trinajstić information content (AvgIpc) is 1.88. The smallest absolute Gasteiger partial charge is 0.224 e. The summed E-state index contributed by atoms with van der Waals surface area (Å²) in [5.74, 6) is -0.407. The van der Waals surface area contributed by atoms with E-state index in [1.54, 1.807) is 0 Å². The van der Waals surface area contributed by atoms with Gasteiger partial charge in [0.1, 0.15) is 0 Å². The fourth-order valence-electron chi connectivity index (χ4n) is 1.13. The molecule has 3 nitrogen and oxygen atoms in total. The Kier molecular flexibility index (Phi) is 2.06. The lowest BCUT2D eigenvalue weighted by Crippen LogP contribution is -2.32. The Labute approximate surface area is 60.1 Å². The van der Waals surface area contributed by atoms with Gasteiger partial charge in [0.2, 0.25) is 5.91 Å². The van der Waals surface area contributed by atoms with Crippen molar-refractivity contribution in [2.75, 3.05) is 0 Å². The number of nitrogens with two attached hydrogens (primary N) is 2. The Balaban J connectivity index is 2.55. The second-order valence-corrected chi connectivity index (χ2v) is 2.67. The van der Waals surface area contributed by atoms with Gasteiger partial charge in [0.25, 0.3) is 0 Å². The van der Waals surface area contributed by atoms with Crippen LogP contribution in [0.3, 0.4) is 0 Å². The number of hydrogen-bond donors (Lipinski definition) is 2. The molecule has 0 radical (unpaired) electrons. The van der Waals surface area contributed by atoms with Crippen LogP contribution in [0.2, 0.25) is 0 Å². The normalized spacial score (nSPS) is 32.1. The molecule has 0 spiro atoms. The molecule has 0 fully saturated rings. The van der Waals surface area contributed by atoms with Crippen molar-refractivity contribution in [3.8, 4) is 0 Å². The topological polar surface area (TPSA) is 69.1 Å². The van der Waals surface area contributed by atoms with Gasteiger partial charge in [-0.15, -0.1) is 0 Å². The molecule has 2 unspecified atom stereocenters. The largest absolute Gasteiger partial charge is 0.369 e. The van der Waals surface area contributed by atoms with Gasteiger partial charge in [0.05, 0.1) is 5.92 Å².